The molecule has 2 rings (SSSR count). The molecule has 0 aliphatic heterocycles. The summed E-state index contributed by atoms with van der Waals surface area (Å²) in [6, 6.07) is 3.41. The van der Waals surface area contributed by atoms with E-state index in [2.05, 4.69) is 9.71 Å². The van der Waals surface area contributed by atoms with Gasteiger partial charge >= 0.3 is 5.97 Å². The number of sulfonamides is 1. The minimum Gasteiger partial charge on any atom is -0.467 e. The fourth-order valence-electron chi connectivity index (χ4n) is 2.63. The third-order valence-corrected chi connectivity index (χ3v) is 5.45. The number of aromatic nitrogens is 1. The molecule has 27 heavy (non-hydrogen) atoms. The minimum absolute atomic E-state index is 0.0572. The number of hydrogen-bond acceptors (Lipinski definition) is 6. The summed E-state index contributed by atoms with van der Waals surface area (Å²) < 4.78 is 37.8. The van der Waals surface area contributed by atoms with Crippen LogP contribution in [-0.2, 0) is 26.1 Å². The monoisotopic (exact) mass is 397 g/mol. The van der Waals surface area contributed by atoms with Crippen molar-refractivity contribution >= 4 is 21.9 Å². The zero-order chi connectivity index (χ0) is 20.2. The van der Waals surface area contributed by atoms with Crippen molar-refractivity contribution in [1.29, 1.82) is 0 Å². The van der Waals surface area contributed by atoms with Crippen molar-refractivity contribution in [3.63, 3.8) is 0 Å². The van der Waals surface area contributed by atoms with Crippen molar-refractivity contribution < 1.29 is 27.2 Å². The summed E-state index contributed by atoms with van der Waals surface area (Å²) in [6.45, 7) is 4.63. The Morgan fingerprint density at radius 2 is 2.00 bits per heavy atom. The SMILES string of the molecule is CCOC(=O)c1c(C)[nH]c(C)c1S(=O)(=O)NCC(=O)N(C)Cc1ccco1. The van der Waals surface area contributed by atoms with Gasteiger partial charge in [0, 0.05) is 18.4 Å². The molecule has 10 heteroatoms. The number of esters is 1. The lowest BCUT2D eigenvalue weighted by Crippen LogP contribution is -2.38. The summed E-state index contributed by atoms with van der Waals surface area (Å²) in [5.41, 5.74) is 0.616. The molecule has 0 aromatic carbocycles. The molecule has 0 saturated heterocycles. The number of aryl methyl sites for hydroxylation is 2. The molecular formula is C17H23N3O6S. The van der Waals surface area contributed by atoms with E-state index >= 15 is 0 Å². The lowest BCUT2D eigenvalue weighted by atomic mass is 10.2. The molecule has 1 amide bonds. The Hall–Kier alpha value is -2.59. The molecule has 2 aromatic heterocycles. The quantitative estimate of drug-likeness (QED) is 0.648. The second-order valence-corrected chi connectivity index (χ2v) is 7.66. The number of likely N-dealkylation sites (N-methyl/N-ethyl adjacent to an activating group) is 1. The highest BCUT2D eigenvalue weighted by atomic mass is 32.2. The number of carbonyl (C=O) groups is 2. The van der Waals surface area contributed by atoms with Gasteiger partial charge in [0.15, 0.2) is 0 Å². The molecule has 2 heterocycles. The molecule has 0 fully saturated rings. The lowest BCUT2D eigenvalue weighted by molar-refractivity contribution is -0.129. The summed E-state index contributed by atoms with van der Waals surface area (Å²) in [5, 5.41) is 0. The van der Waals surface area contributed by atoms with Gasteiger partial charge in [-0.3, -0.25) is 4.79 Å². The summed E-state index contributed by atoms with van der Waals surface area (Å²) in [4.78, 5) is 28.3. The summed E-state index contributed by atoms with van der Waals surface area (Å²) in [5.74, 6) is -0.603. The third-order valence-electron chi connectivity index (χ3n) is 3.88. The lowest BCUT2D eigenvalue weighted by Gasteiger charge is -2.16. The number of nitrogens with zero attached hydrogens (tertiary/aromatic N) is 1. The average Bonchev–Trinajstić information content (AvgIpc) is 3.20. The van der Waals surface area contributed by atoms with Crippen LogP contribution in [0.2, 0.25) is 0 Å². The zero-order valence-corrected chi connectivity index (χ0v) is 16.5. The Morgan fingerprint density at radius 3 is 2.59 bits per heavy atom. The smallest absolute Gasteiger partial charge is 0.341 e. The highest BCUT2D eigenvalue weighted by Crippen LogP contribution is 2.24. The Morgan fingerprint density at radius 1 is 1.30 bits per heavy atom. The van der Waals surface area contributed by atoms with Crippen LogP contribution < -0.4 is 4.72 Å². The first-order chi connectivity index (χ1) is 12.7. The third kappa shape index (κ3) is 4.77. The highest BCUT2D eigenvalue weighted by molar-refractivity contribution is 7.89. The molecular weight excluding hydrogens is 374 g/mol. The predicted octanol–water partition coefficient (Wildman–Crippen LogP) is 1.34. The number of hydrogen-bond donors (Lipinski definition) is 2. The van der Waals surface area contributed by atoms with E-state index in [0.29, 0.717) is 17.1 Å². The molecule has 0 aliphatic rings. The molecule has 2 aromatic rings. The van der Waals surface area contributed by atoms with Crippen LogP contribution in [0.4, 0.5) is 0 Å². The fourth-order valence-corrected chi connectivity index (χ4v) is 4.05. The summed E-state index contributed by atoms with van der Waals surface area (Å²) in [6.07, 6.45) is 1.49. The van der Waals surface area contributed by atoms with Crippen molar-refractivity contribution in [2.75, 3.05) is 20.2 Å². The number of amides is 1. The first-order valence-electron chi connectivity index (χ1n) is 8.29. The van der Waals surface area contributed by atoms with Crippen molar-refractivity contribution in [2.45, 2.75) is 32.2 Å². The maximum absolute atomic E-state index is 12.7. The van der Waals surface area contributed by atoms with Gasteiger partial charge in [-0.05, 0) is 32.9 Å². The number of furan rings is 1. The number of aromatic amines is 1. The van der Waals surface area contributed by atoms with E-state index in [1.807, 2.05) is 0 Å². The first kappa shape index (κ1) is 20.7. The maximum atomic E-state index is 12.7. The number of H-pyrrole nitrogens is 1. The topological polar surface area (TPSA) is 122 Å². The second-order valence-electron chi connectivity index (χ2n) is 5.95. The number of carbonyl (C=O) groups excluding carboxylic acids is 2. The van der Waals surface area contributed by atoms with E-state index in [-0.39, 0.29) is 23.6 Å². The Kier molecular flexibility index (Phi) is 6.45. The first-order valence-corrected chi connectivity index (χ1v) is 9.78. The van der Waals surface area contributed by atoms with Crippen molar-refractivity contribution in [3.05, 3.63) is 41.1 Å². The molecule has 2 N–H and O–H groups in total. The van der Waals surface area contributed by atoms with Gasteiger partial charge < -0.3 is 19.0 Å². The Bertz CT molecular complexity index is 915. The molecule has 9 nitrogen and oxygen atoms in total. The van der Waals surface area contributed by atoms with Gasteiger partial charge in [-0.15, -0.1) is 0 Å². The molecule has 148 valence electrons. The van der Waals surface area contributed by atoms with E-state index in [4.69, 9.17) is 9.15 Å². The standard InChI is InChI=1S/C17H23N3O6S/c1-5-25-17(22)15-11(2)19-12(3)16(15)27(23,24)18-9-14(21)20(4)10-13-7-6-8-26-13/h6-8,18-19H,5,9-10H2,1-4H3. The van der Waals surface area contributed by atoms with E-state index in [1.54, 1.807) is 26.0 Å². The van der Waals surface area contributed by atoms with Gasteiger partial charge in [-0.1, -0.05) is 0 Å². The molecule has 0 aliphatic carbocycles. The fraction of sp³-hybridized carbons (Fsp3) is 0.412. The van der Waals surface area contributed by atoms with Gasteiger partial charge in [0.2, 0.25) is 15.9 Å². The van der Waals surface area contributed by atoms with E-state index in [9.17, 15) is 18.0 Å². The summed E-state index contributed by atoms with van der Waals surface area (Å²) in [7, 11) is -2.57. The van der Waals surface area contributed by atoms with Crippen LogP contribution in [0.25, 0.3) is 0 Å². The summed E-state index contributed by atoms with van der Waals surface area (Å²) >= 11 is 0. The molecule has 0 radical (unpaired) electrons. The minimum atomic E-state index is -4.11. The van der Waals surface area contributed by atoms with Crippen molar-refractivity contribution in [2.24, 2.45) is 0 Å². The van der Waals surface area contributed by atoms with Gasteiger partial charge in [0.05, 0.1) is 26.0 Å². The number of nitrogens with one attached hydrogen (secondary N) is 2. The van der Waals surface area contributed by atoms with Gasteiger partial charge in [-0.2, -0.15) is 0 Å². The average molecular weight is 397 g/mol. The molecule has 0 saturated carbocycles. The van der Waals surface area contributed by atoms with Crippen LogP contribution in [0, 0.1) is 13.8 Å². The largest absolute Gasteiger partial charge is 0.467 e. The van der Waals surface area contributed by atoms with Gasteiger partial charge in [0.1, 0.15) is 16.2 Å². The predicted molar refractivity (Wildman–Crippen MR) is 96.6 cm³/mol. The molecule has 0 bridgehead atoms. The zero-order valence-electron chi connectivity index (χ0n) is 15.7. The van der Waals surface area contributed by atoms with Crippen LogP contribution in [0.3, 0.4) is 0 Å². The van der Waals surface area contributed by atoms with Crippen molar-refractivity contribution in [3.8, 4) is 0 Å². The van der Waals surface area contributed by atoms with E-state index in [1.165, 1.54) is 25.1 Å². The van der Waals surface area contributed by atoms with Crippen LogP contribution in [-0.4, -0.2) is 50.4 Å². The van der Waals surface area contributed by atoms with Crippen molar-refractivity contribution in [1.82, 2.24) is 14.6 Å². The van der Waals surface area contributed by atoms with Gasteiger partial charge in [-0.25, -0.2) is 17.9 Å². The Balaban J connectivity index is 2.15. The molecule has 0 unspecified atom stereocenters. The number of ether oxygens (including phenoxy) is 1. The van der Waals surface area contributed by atoms with Gasteiger partial charge in [0.25, 0.3) is 0 Å². The second kappa shape index (κ2) is 8.40. The highest BCUT2D eigenvalue weighted by Gasteiger charge is 2.30. The van der Waals surface area contributed by atoms with E-state index < -0.39 is 28.4 Å². The van der Waals surface area contributed by atoms with Crippen LogP contribution >= 0.6 is 0 Å². The molecule has 0 atom stereocenters. The van der Waals surface area contributed by atoms with Crippen LogP contribution in [0.15, 0.2) is 27.7 Å². The van der Waals surface area contributed by atoms with E-state index in [0.717, 1.165) is 0 Å². The normalized spacial score (nSPS) is 11.4. The molecule has 0 spiro atoms. The maximum Gasteiger partial charge on any atom is 0.341 e. The van der Waals surface area contributed by atoms with Crippen LogP contribution in [0.1, 0.15) is 34.4 Å². The number of rotatable bonds is 8. The van der Waals surface area contributed by atoms with Crippen LogP contribution in [0.5, 0.6) is 0 Å². The Labute approximate surface area is 157 Å².